The number of carboxylic acid groups (broad SMARTS) is 1. The van der Waals surface area contributed by atoms with Gasteiger partial charge in [-0.3, -0.25) is 4.79 Å². The number of aryl methyl sites for hydroxylation is 1. The number of phenolic OH excluding ortho intramolecular Hbond substituents is 1. The third kappa shape index (κ3) is 4.04. The molecule has 0 saturated carbocycles. The van der Waals surface area contributed by atoms with Crippen molar-refractivity contribution in [3.8, 4) is 17.1 Å². The molecule has 0 fully saturated rings. The molecule has 3 rings (SSSR count). The Balaban J connectivity index is 1.72. The van der Waals surface area contributed by atoms with Crippen molar-refractivity contribution in [2.75, 3.05) is 0 Å². The first-order valence-electron chi connectivity index (χ1n) is 8.01. The Bertz CT molecular complexity index is 1040. The predicted molar refractivity (Wildman–Crippen MR) is 99.0 cm³/mol. The Morgan fingerprint density at radius 3 is 2.59 bits per heavy atom. The van der Waals surface area contributed by atoms with E-state index in [1.807, 2.05) is 0 Å². The molecule has 7 heteroatoms. The van der Waals surface area contributed by atoms with E-state index in [-0.39, 0.29) is 16.9 Å². The number of furan rings is 1. The van der Waals surface area contributed by atoms with Crippen molar-refractivity contribution in [3.63, 3.8) is 0 Å². The normalized spacial score (nSPS) is 10.9. The first kappa shape index (κ1) is 17.9. The monoisotopic (exact) mass is 364 g/mol. The van der Waals surface area contributed by atoms with Crippen LogP contribution in [0, 0.1) is 6.92 Å². The van der Waals surface area contributed by atoms with E-state index >= 15 is 0 Å². The Hall–Kier alpha value is -3.87. The second-order valence-electron chi connectivity index (χ2n) is 5.75. The zero-order chi connectivity index (χ0) is 19.4. The fourth-order valence-corrected chi connectivity index (χ4v) is 2.46. The van der Waals surface area contributed by atoms with Crippen LogP contribution in [0.5, 0.6) is 5.75 Å². The highest BCUT2D eigenvalue weighted by atomic mass is 16.4. The van der Waals surface area contributed by atoms with E-state index in [0.717, 1.165) is 0 Å². The summed E-state index contributed by atoms with van der Waals surface area (Å²) in [6.07, 6.45) is 1.31. The molecule has 2 aromatic carbocycles. The molecule has 7 nitrogen and oxygen atoms in total. The zero-order valence-corrected chi connectivity index (χ0v) is 14.3. The first-order valence-corrected chi connectivity index (χ1v) is 8.01. The quantitative estimate of drug-likeness (QED) is 0.474. The molecule has 0 saturated heterocycles. The van der Waals surface area contributed by atoms with Crippen LogP contribution in [0.4, 0.5) is 0 Å². The van der Waals surface area contributed by atoms with E-state index in [4.69, 9.17) is 4.42 Å². The Morgan fingerprint density at radius 2 is 1.85 bits per heavy atom. The number of amides is 1. The molecule has 3 aromatic rings. The van der Waals surface area contributed by atoms with Crippen molar-refractivity contribution in [2.45, 2.75) is 6.92 Å². The van der Waals surface area contributed by atoms with Crippen LogP contribution in [0.2, 0.25) is 0 Å². The first-order chi connectivity index (χ1) is 13.0. The smallest absolute Gasteiger partial charge is 0.335 e. The minimum atomic E-state index is -1.01. The molecule has 1 aromatic heterocycles. The molecule has 0 aliphatic rings. The van der Waals surface area contributed by atoms with E-state index in [1.165, 1.54) is 24.4 Å². The molecule has 3 N–H and O–H groups in total. The van der Waals surface area contributed by atoms with Crippen molar-refractivity contribution < 1.29 is 24.2 Å². The summed E-state index contributed by atoms with van der Waals surface area (Å²) in [6.45, 7) is 1.72. The number of nitrogens with zero attached hydrogens (tertiary/aromatic N) is 1. The van der Waals surface area contributed by atoms with Gasteiger partial charge in [0.05, 0.1) is 17.3 Å². The topological polar surface area (TPSA) is 112 Å². The third-order valence-electron chi connectivity index (χ3n) is 3.89. The molecule has 0 spiro atoms. The van der Waals surface area contributed by atoms with Crippen molar-refractivity contribution >= 4 is 18.1 Å². The maximum Gasteiger partial charge on any atom is 0.335 e. The number of nitrogens with one attached hydrogen (secondary N) is 1. The van der Waals surface area contributed by atoms with Crippen LogP contribution in [0.3, 0.4) is 0 Å². The fraction of sp³-hybridized carbons (Fsp3) is 0.0500. The summed E-state index contributed by atoms with van der Waals surface area (Å²) in [6, 6.07) is 14.5. The van der Waals surface area contributed by atoms with Gasteiger partial charge in [0.1, 0.15) is 17.3 Å². The molecule has 0 aliphatic heterocycles. The number of phenols is 1. The van der Waals surface area contributed by atoms with Gasteiger partial charge in [0.2, 0.25) is 0 Å². The van der Waals surface area contributed by atoms with E-state index in [0.29, 0.717) is 22.6 Å². The van der Waals surface area contributed by atoms with Crippen molar-refractivity contribution in [1.29, 1.82) is 0 Å². The average molecular weight is 364 g/mol. The summed E-state index contributed by atoms with van der Waals surface area (Å²) >= 11 is 0. The second kappa shape index (κ2) is 7.57. The van der Waals surface area contributed by atoms with Crippen molar-refractivity contribution in [1.82, 2.24) is 5.43 Å². The van der Waals surface area contributed by atoms with Gasteiger partial charge in [0.25, 0.3) is 5.91 Å². The molecule has 27 heavy (non-hydrogen) atoms. The van der Waals surface area contributed by atoms with Crippen LogP contribution in [-0.4, -0.2) is 28.3 Å². The number of carbonyl (C=O) groups excluding carboxylic acids is 1. The molecular formula is C20H16N2O5. The van der Waals surface area contributed by atoms with Gasteiger partial charge in [-0.05, 0) is 42.8 Å². The maximum atomic E-state index is 11.9. The van der Waals surface area contributed by atoms with Gasteiger partial charge in [-0.1, -0.05) is 24.3 Å². The van der Waals surface area contributed by atoms with Crippen LogP contribution >= 0.6 is 0 Å². The van der Waals surface area contributed by atoms with Crippen LogP contribution in [0.15, 0.2) is 64.1 Å². The van der Waals surface area contributed by atoms with Crippen molar-refractivity contribution in [3.05, 3.63) is 77.0 Å². The van der Waals surface area contributed by atoms with Gasteiger partial charge >= 0.3 is 5.97 Å². The van der Waals surface area contributed by atoms with Gasteiger partial charge in [-0.25, -0.2) is 10.2 Å². The van der Waals surface area contributed by atoms with E-state index in [1.54, 1.807) is 43.3 Å². The van der Waals surface area contributed by atoms with Gasteiger partial charge in [0, 0.05) is 5.56 Å². The highest BCUT2D eigenvalue weighted by Gasteiger charge is 2.11. The molecule has 0 unspecified atom stereocenters. The lowest BCUT2D eigenvalue weighted by molar-refractivity contribution is 0.0696. The summed E-state index contributed by atoms with van der Waals surface area (Å²) in [5.41, 5.74) is 3.89. The van der Waals surface area contributed by atoms with Crippen molar-refractivity contribution in [2.24, 2.45) is 5.10 Å². The number of hydrazone groups is 1. The van der Waals surface area contributed by atoms with E-state index < -0.39 is 11.9 Å². The minimum Gasteiger partial charge on any atom is -0.507 e. The summed E-state index contributed by atoms with van der Waals surface area (Å²) in [4.78, 5) is 23.2. The molecule has 1 heterocycles. The average Bonchev–Trinajstić information content (AvgIpc) is 3.11. The van der Waals surface area contributed by atoms with Gasteiger partial charge in [0.15, 0.2) is 0 Å². The number of aromatic carboxylic acids is 1. The Kier molecular flexibility index (Phi) is 5.03. The number of rotatable bonds is 5. The van der Waals surface area contributed by atoms with Crippen LogP contribution in [0.25, 0.3) is 11.3 Å². The summed E-state index contributed by atoms with van der Waals surface area (Å²) in [5.74, 6) is -0.847. The lowest BCUT2D eigenvalue weighted by Crippen LogP contribution is -2.17. The standard InChI is InChI=1S/C20H16N2O5/c1-12-6-7-13(10-16(12)20(25)26)18-9-8-14(27-18)11-21-22-19(24)15-4-2-3-5-17(15)23/h2-11,23H,1H3,(H,22,24)(H,25,26)/b21-11+. The largest absolute Gasteiger partial charge is 0.507 e. The number of carbonyl (C=O) groups is 2. The molecule has 0 radical (unpaired) electrons. The number of hydrogen-bond acceptors (Lipinski definition) is 5. The second-order valence-corrected chi connectivity index (χ2v) is 5.75. The summed E-state index contributed by atoms with van der Waals surface area (Å²) < 4.78 is 5.61. The molecule has 1 amide bonds. The SMILES string of the molecule is Cc1ccc(-c2ccc(/C=N/NC(=O)c3ccccc3O)o2)cc1C(=O)O. The van der Waals surface area contributed by atoms with Gasteiger partial charge in [-0.15, -0.1) is 0 Å². The van der Waals surface area contributed by atoms with E-state index in [9.17, 15) is 19.8 Å². The van der Waals surface area contributed by atoms with Gasteiger partial charge < -0.3 is 14.6 Å². The van der Waals surface area contributed by atoms with Crippen LogP contribution < -0.4 is 5.43 Å². The molecule has 0 bridgehead atoms. The molecule has 0 aliphatic carbocycles. The lowest BCUT2D eigenvalue weighted by atomic mass is 10.0. The number of hydrogen-bond donors (Lipinski definition) is 3. The minimum absolute atomic E-state index is 0.107. The molecule has 0 atom stereocenters. The maximum absolute atomic E-state index is 11.9. The third-order valence-corrected chi connectivity index (χ3v) is 3.89. The number of carboxylic acids is 1. The zero-order valence-electron chi connectivity index (χ0n) is 14.3. The summed E-state index contributed by atoms with van der Waals surface area (Å²) in [5, 5.41) is 22.7. The highest BCUT2D eigenvalue weighted by Crippen LogP contribution is 2.24. The highest BCUT2D eigenvalue weighted by molar-refractivity contribution is 5.97. The number of benzene rings is 2. The number of para-hydroxylation sites is 1. The van der Waals surface area contributed by atoms with Crippen LogP contribution in [-0.2, 0) is 0 Å². The molecule has 136 valence electrons. The Labute approximate surface area is 154 Å². The summed E-state index contributed by atoms with van der Waals surface area (Å²) in [7, 11) is 0. The van der Waals surface area contributed by atoms with Gasteiger partial charge in [-0.2, -0.15) is 5.10 Å². The van der Waals surface area contributed by atoms with Crippen LogP contribution in [0.1, 0.15) is 32.0 Å². The predicted octanol–water partition coefficient (Wildman–Crippen LogP) is 3.42. The number of aromatic hydroxyl groups is 1. The fourth-order valence-electron chi connectivity index (χ4n) is 2.46. The molecular weight excluding hydrogens is 348 g/mol. The lowest BCUT2D eigenvalue weighted by Gasteiger charge is -2.03. The van der Waals surface area contributed by atoms with E-state index in [2.05, 4.69) is 10.5 Å². The Morgan fingerprint density at radius 1 is 1.07 bits per heavy atom.